The van der Waals surface area contributed by atoms with E-state index in [-0.39, 0.29) is 5.56 Å². The monoisotopic (exact) mass is 325 g/mol. The molecule has 0 bridgehead atoms. The molecule has 0 amide bonds. The van der Waals surface area contributed by atoms with Gasteiger partial charge in [-0.05, 0) is 18.4 Å². The van der Waals surface area contributed by atoms with Gasteiger partial charge in [-0.15, -0.1) is 0 Å². The van der Waals surface area contributed by atoms with Gasteiger partial charge in [-0.1, -0.05) is 30.3 Å². The van der Waals surface area contributed by atoms with E-state index in [1.165, 1.54) is 6.20 Å². The molecule has 0 unspecified atom stereocenters. The topological polar surface area (TPSA) is 87.0 Å². The van der Waals surface area contributed by atoms with E-state index in [1.807, 2.05) is 35.2 Å². The highest BCUT2D eigenvalue weighted by Gasteiger charge is 2.34. The van der Waals surface area contributed by atoms with Crippen molar-refractivity contribution in [1.29, 1.82) is 0 Å². The molecule has 1 fully saturated rings. The van der Waals surface area contributed by atoms with E-state index in [0.29, 0.717) is 42.9 Å². The number of fused-ring (bicyclic) bond motifs is 1. The second kappa shape index (κ2) is 5.45. The van der Waals surface area contributed by atoms with Crippen molar-refractivity contribution in [3.05, 3.63) is 52.4 Å². The van der Waals surface area contributed by atoms with Crippen molar-refractivity contribution in [3.8, 4) is 0 Å². The molecule has 1 aliphatic heterocycles. The minimum absolute atomic E-state index is 0.188. The largest absolute Gasteiger partial charge is 0.385 e. The van der Waals surface area contributed by atoms with Crippen LogP contribution in [-0.4, -0.2) is 37.9 Å². The number of nitrogens with one attached hydrogen (secondary N) is 1. The molecular formula is C17H19N5O2. The predicted octanol–water partition coefficient (Wildman–Crippen LogP) is 1.14. The fourth-order valence-corrected chi connectivity index (χ4v) is 3.30. The van der Waals surface area contributed by atoms with Gasteiger partial charge in [-0.25, -0.2) is 0 Å². The molecule has 1 saturated heterocycles. The van der Waals surface area contributed by atoms with Crippen molar-refractivity contribution < 1.29 is 5.11 Å². The molecule has 3 aromatic rings. The van der Waals surface area contributed by atoms with Crippen LogP contribution in [0.15, 0.2) is 41.3 Å². The Bertz CT molecular complexity index is 923. The van der Waals surface area contributed by atoms with E-state index >= 15 is 0 Å². The van der Waals surface area contributed by atoms with E-state index in [1.54, 1.807) is 11.7 Å². The van der Waals surface area contributed by atoms with E-state index in [2.05, 4.69) is 15.1 Å². The fourth-order valence-electron chi connectivity index (χ4n) is 3.30. The summed E-state index contributed by atoms with van der Waals surface area (Å²) in [6.45, 7) is 1.25. The Morgan fingerprint density at radius 1 is 1.21 bits per heavy atom. The highest BCUT2D eigenvalue weighted by Crippen LogP contribution is 2.33. The van der Waals surface area contributed by atoms with Gasteiger partial charge < -0.3 is 10.0 Å². The van der Waals surface area contributed by atoms with Crippen molar-refractivity contribution in [2.75, 3.05) is 18.0 Å². The summed E-state index contributed by atoms with van der Waals surface area (Å²) in [5, 5.41) is 15.5. The third-order valence-corrected chi connectivity index (χ3v) is 4.79. The van der Waals surface area contributed by atoms with Gasteiger partial charge in [0.25, 0.3) is 5.56 Å². The molecule has 24 heavy (non-hydrogen) atoms. The number of H-pyrrole nitrogens is 1. The van der Waals surface area contributed by atoms with E-state index < -0.39 is 5.60 Å². The average Bonchev–Trinajstić information content (AvgIpc) is 2.98. The first-order valence-electron chi connectivity index (χ1n) is 8.02. The summed E-state index contributed by atoms with van der Waals surface area (Å²) >= 11 is 0. The number of hydrogen-bond acceptors (Lipinski definition) is 5. The van der Waals surface area contributed by atoms with Gasteiger partial charge in [0.05, 0.1) is 11.8 Å². The van der Waals surface area contributed by atoms with Crippen molar-refractivity contribution in [1.82, 2.24) is 19.7 Å². The minimum Gasteiger partial charge on any atom is -0.385 e. The van der Waals surface area contributed by atoms with Gasteiger partial charge in [0.2, 0.25) is 5.95 Å². The number of rotatable bonds is 2. The van der Waals surface area contributed by atoms with Crippen LogP contribution in [0.1, 0.15) is 18.4 Å². The van der Waals surface area contributed by atoms with Crippen LogP contribution >= 0.6 is 0 Å². The first-order valence-corrected chi connectivity index (χ1v) is 8.02. The number of nitrogens with zero attached hydrogens (tertiary/aromatic N) is 4. The smallest absolute Gasteiger partial charge is 0.263 e. The molecule has 0 aliphatic carbocycles. The number of hydrogen-bond donors (Lipinski definition) is 2. The second-order valence-electron chi connectivity index (χ2n) is 6.28. The number of piperidine rings is 1. The van der Waals surface area contributed by atoms with Gasteiger partial charge in [0.1, 0.15) is 5.39 Å². The Morgan fingerprint density at radius 3 is 2.62 bits per heavy atom. The molecule has 7 nitrogen and oxygen atoms in total. The van der Waals surface area contributed by atoms with E-state index in [9.17, 15) is 9.90 Å². The van der Waals surface area contributed by atoms with Crippen molar-refractivity contribution in [2.24, 2.45) is 7.05 Å². The lowest BCUT2D eigenvalue weighted by molar-refractivity contribution is 0.0115. The van der Waals surface area contributed by atoms with Gasteiger partial charge in [0.15, 0.2) is 5.65 Å². The molecule has 4 rings (SSSR count). The maximum absolute atomic E-state index is 12.2. The third-order valence-electron chi connectivity index (χ3n) is 4.79. The molecule has 0 spiro atoms. The molecule has 124 valence electrons. The normalized spacial score (nSPS) is 17.3. The Balaban J connectivity index is 1.60. The SMILES string of the molecule is Cn1ncc2c(=O)[nH]c(N3CCC(O)(c4ccccc4)CC3)nc21. The molecule has 3 heterocycles. The summed E-state index contributed by atoms with van der Waals surface area (Å²) in [4.78, 5) is 21.5. The maximum Gasteiger partial charge on any atom is 0.263 e. The molecule has 0 radical (unpaired) electrons. The van der Waals surface area contributed by atoms with Crippen LogP contribution in [0.2, 0.25) is 0 Å². The molecule has 1 aromatic carbocycles. The maximum atomic E-state index is 12.2. The van der Waals surface area contributed by atoms with Gasteiger partial charge in [0, 0.05) is 20.1 Å². The van der Waals surface area contributed by atoms with Crippen LogP contribution in [0.4, 0.5) is 5.95 Å². The first kappa shape index (κ1) is 14.9. The van der Waals surface area contributed by atoms with Gasteiger partial charge >= 0.3 is 0 Å². The summed E-state index contributed by atoms with van der Waals surface area (Å²) in [7, 11) is 1.77. The summed E-state index contributed by atoms with van der Waals surface area (Å²) < 4.78 is 1.60. The first-order chi connectivity index (χ1) is 11.6. The van der Waals surface area contributed by atoms with E-state index in [0.717, 1.165) is 5.56 Å². The highest BCUT2D eigenvalue weighted by atomic mass is 16.3. The van der Waals surface area contributed by atoms with Crippen LogP contribution in [-0.2, 0) is 12.6 Å². The predicted molar refractivity (Wildman–Crippen MR) is 90.9 cm³/mol. The lowest BCUT2D eigenvalue weighted by Crippen LogP contribution is -2.43. The summed E-state index contributed by atoms with van der Waals surface area (Å²) in [5.41, 5.74) is 0.493. The van der Waals surface area contributed by atoms with Gasteiger partial charge in [-0.2, -0.15) is 10.1 Å². The zero-order valence-electron chi connectivity index (χ0n) is 13.4. The average molecular weight is 325 g/mol. The van der Waals surface area contributed by atoms with Crippen LogP contribution in [0.3, 0.4) is 0 Å². The third kappa shape index (κ3) is 2.37. The zero-order valence-corrected chi connectivity index (χ0v) is 13.4. The van der Waals surface area contributed by atoms with Crippen molar-refractivity contribution in [3.63, 3.8) is 0 Å². The summed E-state index contributed by atoms with van der Waals surface area (Å²) in [6.07, 6.45) is 2.70. The summed E-state index contributed by atoms with van der Waals surface area (Å²) in [5.74, 6) is 0.534. The number of aliphatic hydroxyl groups is 1. The zero-order chi connectivity index (χ0) is 16.7. The molecule has 0 atom stereocenters. The fraction of sp³-hybridized carbons (Fsp3) is 0.353. The Kier molecular flexibility index (Phi) is 3.38. The number of aryl methyl sites for hydroxylation is 1. The van der Waals surface area contributed by atoms with Crippen LogP contribution < -0.4 is 10.5 Å². The second-order valence-corrected chi connectivity index (χ2v) is 6.28. The molecular weight excluding hydrogens is 306 g/mol. The number of aromatic nitrogens is 4. The van der Waals surface area contributed by atoms with Crippen molar-refractivity contribution >= 4 is 17.0 Å². The molecule has 2 N–H and O–H groups in total. The Hall–Kier alpha value is -2.67. The standard InChI is InChI=1S/C17H19N5O2/c1-21-14-13(11-18-21)15(23)20-16(19-14)22-9-7-17(24,8-10-22)12-5-3-2-4-6-12/h2-6,11,24H,7-10H2,1H3,(H,19,20,23). The lowest BCUT2D eigenvalue weighted by Gasteiger charge is -2.38. The van der Waals surface area contributed by atoms with Crippen LogP contribution in [0, 0.1) is 0 Å². The van der Waals surface area contributed by atoms with Crippen LogP contribution in [0.25, 0.3) is 11.0 Å². The van der Waals surface area contributed by atoms with Gasteiger partial charge in [-0.3, -0.25) is 14.5 Å². The lowest BCUT2D eigenvalue weighted by atomic mass is 9.84. The molecule has 2 aromatic heterocycles. The quantitative estimate of drug-likeness (QED) is 0.738. The summed E-state index contributed by atoms with van der Waals surface area (Å²) in [6, 6.07) is 9.73. The van der Waals surface area contributed by atoms with Crippen LogP contribution in [0.5, 0.6) is 0 Å². The highest BCUT2D eigenvalue weighted by molar-refractivity contribution is 5.74. The van der Waals surface area contributed by atoms with Crippen molar-refractivity contribution in [2.45, 2.75) is 18.4 Å². The Labute approximate surface area is 138 Å². The number of anilines is 1. The minimum atomic E-state index is -0.825. The number of aromatic amines is 1. The molecule has 0 saturated carbocycles. The Morgan fingerprint density at radius 2 is 1.92 bits per heavy atom. The molecule has 1 aliphatic rings. The molecule has 7 heteroatoms. The number of benzene rings is 1. The van der Waals surface area contributed by atoms with E-state index in [4.69, 9.17) is 0 Å².